The first-order valence-electron chi connectivity index (χ1n) is 7.03. The van der Waals surface area contributed by atoms with E-state index in [4.69, 9.17) is 11.6 Å². The van der Waals surface area contributed by atoms with Gasteiger partial charge in [0.25, 0.3) is 0 Å². The molecule has 0 bridgehead atoms. The molecule has 2 rings (SSSR count). The maximum Gasteiger partial charge on any atom is 0.242 e. The third-order valence-corrected chi connectivity index (χ3v) is 3.79. The zero-order valence-corrected chi connectivity index (χ0v) is 14.1. The highest BCUT2D eigenvalue weighted by molar-refractivity contribution is 6.30. The van der Waals surface area contributed by atoms with E-state index in [1.807, 2.05) is 12.1 Å². The number of carbonyl (C=O) groups excluding carboxylic acids is 2. The minimum absolute atomic E-state index is 0. The number of benzene rings is 1. The zero-order chi connectivity index (χ0) is 15.2. The summed E-state index contributed by atoms with van der Waals surface area (Å²) in [7, 11) is 1.67. The van der Waals surface area contributed by atoms with Crippen LogP contribution in [0.15, 0.2) is 24.3 Å². The second-order valence-electron chi connectivity index (χ2n) is 5.18. The van der Waals surface area contributed by atoms with Crippen LogP contribution in [0.4, 0.5) is 0 Å². The van der Waals surface area contributed by atoms with Crippen molar-refractivity contribution in [1.82, 2.24) is 15.1 Å². The maximum absolute atomic E-state index is 12.1. The van der Waals surface area contributed by atoms with Crippen LogP contribution < -0.4 is 5.32 Å². The second-order valence-corrected chi connectivity index (χ2v) is 5.62. The Labute approximate surface area is 142 Å². The molecule has 1 saturated heterocycles. The molecule has 1 heterocycles. The smallest absolute Gasteiger partial charge is 0.242 e. The minimum Gasteiger partial charge on any atom is -0.339 e. The van der Waals surface area contributed by atoms with E-state index in [9.17, 15) is 9.59 Å². The Morgan fingerprint density at radius 1 is 1.23 bits per heavy atom. The highest BCUT2D eigenvalue weighted by Gasteiger charge is 2.19. The molecule has 2 amide bonds. The summed E-state index contributed by atoms with van der Waals surface area (Å²) in [6, 6.07) is 7.17. The largest absolute Gasteiger partial charge is 0.339 e. The van der Waals surface area contributed by atoms with Gasteiger partial charge in [0.15, 0.2) is 0 Å². The second kappa shape index (κ2) is 8.98. The van der Waals surface area contributed by atoms with Crippen LogP contribution in [0, 0.1) is 0 Å². The first-order valence-corrected chi connectivity index (χ1v) is 7.41. The van der Waals surface area contributed by atoms with Crippen molar-refractivity contribution in [2.45, 2.75) is 6.42 Å². The molecule has 7 heteroatoms. The van der Waals surface area contributed by atoms with Crippen LogP contribution in [0.2, 0.25) is 5.02 Å². The van der Waals surface area contributed by atoms with Gasteiger partial charge in [0.05, 0.1) is 13.0 Å². The zero-order valence-electron chi connectivity index (χ0n) is 12.5. The summed E-state index contributed by atoms with van der Waals surface area (Å²) in [5.74, 6) is -0.0655. The lowest BCUT2D eigenvalue weighted by Crippen LogP contribution is -2.49. The van der Waals surface area contributed by atoms with Gasteiger partial charge in [-0.05, 0) is 17.7 Å². The molecule has 0 spiro atoms. The third kappa shape index (κ3) is 5.48. The van der Waals surface area contributed by atoms with E-state index < -0.39 is 0 Å². The van der Waals surface area contributed by atoms with Gasteiger partial charge in [-0.15, -0.1) is 12.4 Å². The lowest BCUT2D eigenvalue weighted by atomic mass is 10.1. The number of hydrogen-bond acceptors (Lipinski definition) is 3. The van der Waals surface area contributed by atoms with Crippen molar-refractivity contribution >= 4 is 35.8 Å². The molecule has 1 fully saturated rings. The first kappa shape index (κ1) is 18.7. The van der Waals surface area contributed by atoms with E-state index in [0.717, 1.165) is 18.7 Å². The fourth-order valence-corrected chi connectivity index (χ4v) is 2.34. The predicted octanol–water partition coefficient (Wildman–Crippen LogP) is 1.19. The summed E-state index contributed by atoms with van der Waals surface area (Å²) in [6.07, 6.45) is 0.280. The van der Waals surface area contributed by atoms with Gasteiger partial charge in [0.2, 0.25) is 11.8 Å². The Hall–Kier alpha value is -1.30. The van der Waals surface area contributed by atoms with E-state index in [0.29, 0.717) is 18.1 Å². The van der Waals surface area contributed by atoms with Crippen LogP contribution in [-0.2, 0) is 16.0 Å². The molecule has 1 aromatic rings. The average Bonchev–Trinajstić information content (AvgIpc) is 2.50. The molecule has 1 aliphatic rings. The molecular formula is C15H21Cl2N3O2. The molecule has 1 N–H and O–H groups in total. The van der Waals surface area contributed by atoms with Crippen molar-refractivity contribution in [1.29, 1.82) is 0 Å². The highest BCUT2D eigenvalue weighted by atomic mass is 35.5. The molecule has 0 aliphatic carbocycles. The van der Waals surface area contributed by atoms with Crippen LogP contribution in [-0.4, -0.2) is 61.4 Å². The van der Waals surface area contributed by atoms with Gasteiger partial charge in [-0.3, -0.25) is 9.59 Å². The summed E-state index contributed by atoms with van der Waals surface area (Å²) in [4.78, 5) is 27.5. The van der Waals surface area contributed by atoms with Crippen LogP contribution in [0.3, 0.4) is 0 Å². The summed E-state index contributed by atoms with van der Waals surface area (Å²) >= 11 is 5.81. The van der Waals surface area contributed by atoms with Gasteiger partial charge in [0, 0.05) is 38.2 Å². The van der Waals surface area contributed by atoms with Crippen molar-refractivity contribution in [3.05, 3.63) is 34.9 Å². The Balaban J connectivity index is 0.00000242. The van der Waals surface area contributed by atoms with Gasteiger partial charge < -0.3 is 15.1 Å². The van der Waals surface area contributed by atoms with Crippen molar-refractivity contribution in [2.75, 3.05) is 39.8 Å². The normalized spacial score (nSPS) is 14.2. The number of rotatable bonds is 4. The quantitative estimate of drug-likeness (QED) is 0.891. The van der Waals surface area contributed by atoms with Crippen LogP contribution in [0.5, 0.6) is 0 Å². The minimum atomic E-state index is -0.0687. The van der Waals surface area contributed by atoms with Crippen LogP contribution >= 0.6 is 24.0 Å². The number of nitrogens with one attached hydrogen (secondary N) is 1. The number of hydrogen-bond donors (Lipinski definition) is 1. The predicted molar refractivity (Wildman–Crippen MR) is 89.5 cm³/mol. The maximum atomic E-state index is 12.1. The molecule has 122 valence electrons. The number of nitrogens with zero attached hydrogens (tertiary/aromatic N) is 2. The molecule has 0 aromatic heterocycles. The third-order valence-electron chi connectivity index (χ3n) is 3.54. The Morgan fingerprint density at radius 2 is 1.82 bits per heavy atom. The molecule has 0 atom stereocenters. The van der Waals surface area contributed by atoms with Crippen LogP contribution in [0.25, 0.3) is 0 Å². The van der Waals surface area contributed by atoms with Crippen molar-refractivity contribution in [2.24, 2.45) is 0 Å². The monoisotopic (exact) mass is 345 g/mol. The fourth-order valence-electron chi connectivity index (χ4n) is 2.22. The molecular weight excluding hydrogens is 325 g/mol. The highest BCUT2D eigenvalue weighted by Crippen LogP contribution is 2.10. The van der Waals surface area contributed by atoms with Gasteiger partial charge >= 0.3 is 0 Å². The standard InChI is InChI=1S/C15H20ClN3O2.ClH/c1-18(11-15(21)19-8-6-17-7-9-19)14(20)10-12-2-4-13(16)5-3-12;/h2-5,17H,6-11H2,1H3;1H. The average molecular weight is 346 g/mol. The summed E-state index contributed by atoms with van der Waals surface area (Å²) in [5, 5.41) is 3.84. The Bertz CT molecular complexity index is 502. The van der Waals surface area contributed by atoms with E-state index in [-0.39, 0.29) is 37.2 Å². The summed E-state index contributed by atoms with van der Waals surface area (Å²) in [6.45, 7) is 3.17. The summed E-state index contributed by atoms with van der Waals surface area (Å²) < 4.78 is 0. The lowest BCUT2D eigenvalue weighted by molar-refractivity contribution is -0.139. The SMILES string of the molecule is CN(CC(=O)N1CCNCC1)C(=O)Cc1ccc(Cl)cc1.Cl. The van der Waals surface area contributed by atoms with Crippen molar-refractivity contribution in [3.63, 3.8) is 0 Å². The number of carbonyl (C=O) groups is 2. The molecule has 22 heavy (non-hydrogen) atoms. The first-order chi connectivity index (χ1) is 10.1. The number of amides is 2. The lowest BCUT2D eigenvalue weighted by Gasteiger charge is -2.29. The molecule has 1 aromatic carbocycles. The molecule has 0 saturated carbocycles. The molecule has 0 radical (unpaired) electrons. The number of likely N-dealkylation sites (N-methyl/N-ethyl adjacent to an activating group) is 1. The number of halogens is 2. The van der Waals surface area contributed by atoms with Gasteiger partial charge in [-0.25, -0.2) is 0 Å². The van der Waals surface area contributed by atoms with Crippen molar-refractivity contribution < 1.29 is 9.59 Å². The van der Waals surface area contributed by atoms with E-state index >= 15 is 0 Å². The van der Waals surface area contributed by atoms with Crippen molar-refractivity contribution in [3.8, 4) is 0 Å². The molecule has 0 unspecified atom stereocenters. The van der Waals surface area contributed by atoms with E-state index in [1.54, 1.807) is 24.1 Å². The van der Waals surface area contributed by atoms with Gasteiger partial charge in [-0.1, -0.05) is 23.7 Å². The Morgan fingerprint density at radius 3 is 2.41 bits per heavy atom. The van der Waals surface area contributed by atoms with Gasteiger partial charge in [-0.2, -0.15) is 0 Å². The van der Waals surface area contributed by atoms with Gasteiger partial charge in [0.1, 0.15) is 0 Å². The molecule has 5 nitrogen and oxygen atoms in total. The topological polar surface area (TPSA) is 52.7 Å². The fraction of sp³-hybridized carbons (Fsp3) is 0.467. The summed E-state index contributed by atoms with van der Waals surface area (Å²) in [5.41, 5.74) is 0.894. The number of piperazine rings is 1. The Kier molecular flexibility index (Phi) is 7.65. The molecule has 1 aliphatic heterocycles. The van der Waals surface area contributed by atoms with E-state index in [1.165, 1.54) is 4.90 Å². The van der Waals surface area contributed by atoms with Crippen LogP contribution in [0.1, 0.15) is 5.56 Å². The van der Waals surface area contributed by atoms with E-state index in [2.05, 4.69) is 5.32 Å².